The average molecular weight is 320 g/mol. The summed E-state index contributed by atoms with van der Waals surface area (Å²) in [5.74, 6) is -0.989. The van der Waals surface area contributed by atoms with E-state index in [2.05, 4.69) is 16.0 Å². The molecule has 0 aromatic heterocycles. The maximum absolute atomic E-state index is 11.9. The number of carbonyl (C=O) groups is 3. The molecule has 1 aromatic rings. The van der Waals surface area contributed by atoms with E-state index in [9.17, 15) is 14.4 Å². The Hall–Kier alpha value is -2.41. The molecule has 0 bridgehead atoms. The molecule has 23 heavy (non-hydrogen) atoms. The molecule has 0 saturated carbocycles. The van der Waals surface area contributed by atoms with Gasteiger partial charge in [-0.05, 0) is 30.5 Å². The van der Waals surface area contributed by atoms with Crippen molar-refractivity contribution in [1.82, 2.24) is 10.6 Å². The van der Waals surface area contributed by atoms with Crippen molar-refractivity contribution in [2.45, 2.75) is 26.8 Å². The van der Waals surface area contributed by atoms with Crippen LogP contribution in [0.5, 0.6) is 0 Å². The highest BCUT2D eigenvalue weighted by Gasteiger charge is 2.18. The smallest absolute Gasteiger partial charge is 0.251 e. The molecule has 7 nitrogen and oxygen atoms in total. The molecule has 1 atom stereocenters. The average Bonchev–Trinajstić information content (AvgIpc) is 2.52. The topological polar surface area (TPSA) is 113 Å². The molecular formula is C16H24N4O3. The molecule has 0 unspecified atom stereocenters. The number of anilines is 1. The normalized spacial score (nSPS) is 11.7. The van der Waals surface area contributed by atoms with Crippen molar-refractivity contribution < 1.29 is 14.4 Å². The van der Waals surface area contributed by atoms with Gasteiger partial charge in [0.25, 0.3) is 5.91 Å². The monoisotopic (exact) mass is 320 g/mol. The van der Waals surface area contributed by atoms with Gasteiger partial charge in [0, 0.05) is 18.3 Å². The maximum atomic E-state index is 11.9. The fourth-order valence-electron chi connectivity index (χ4n) is 1.93. The van der Waals surface area contributed by atoms with E-state index in [1.807, 2.05) is 13.8 Å². The van der Waals surface area contributed by atoms with Gasteiger partial charge < -0.3 is 21.7 Å². The third kappa shape index (κ3) is 5.07. The SMILES string of the molecule is CNC(=O)c1cccc(NC(=O)CNC(=O)[C@@H](N)C(C)C)c1C. The molecule has 0 spiro atoms. The molecule has 0 fully saturated rings. The summed E-state index contributed by atoms with van der Waals surface area (Å²) in [6.45, 7) is 5.23. The van der Waals surface area contributed by atoms with Crippen molar-refractivity contribution in [3.63, 3.8) is 0 Å². The number of nitrogens with two attached hydrogens (primary N) is 1. The van der Waals surface area contributed by atoms with Gasteiger partial charge in [-0.1, -0.05) is 19.9 Å². The van der Waals surface area contributed by atoms with Gasteiger partial charge in [-0.15, -0.1) is 0 Å². The molecule has 3 amide bonds. The van der Waals surface area contributed by atoms with E-state index < -0.39 is 6.04 Å². The summed E-state index contributed by atoms with van der Waals surface area (Å²) in [5, 5.41) is 7.72. The zero-order chi connectivity index (χ0) is 17.6. The van der Waals surface area contributed by atoms with E-state index in [0.29, 0.717) is 16.8 Å². The Bertz CT molecular complexity index is 599. The predicted molar refractivity (Wildman–Crippen MR) is 89.0 cm³/mol. The van der Waals surface area contributed by atoms with E-state index in [0.717, 1.165) is 0 Å². The predicted octanol–water partition coefficient (Wildman–Crippen LogP) is 0.393. The molecular weight excluding hydrogens is 296 g/mol. The van der Waals surface area contributed by atoms with Crippen LogP contribution in [0.15, 0.2) is 18.2 Å². The molecule has 0 aliphatic heterocycles. The van der Waals surface area contributed by atoms with Gasteiger partial charge in [0.05, 0.1) is 12.6 Å². The van der Waals surface area contributed by atoms with Crippen LogP contribution in [0, 0.1) is 12.8 Å². The van der Waals surface area contributed by atoms with E-state index in [4.69, 9.17) is 5.73 Å². The highest BCUT2D eigenvalue weighted by Crippen LogP contribution is 2.18. The second kappa shape index (κ2) is 8.28. The van der Waals surface area contributed by atoms with Gasteiger partial charge in [0.2, 0.25) is 11.8 Å². The van der Waals surface area contributed by atoms with Crippen LogP contribution < -0.4 is 21.7 Å². The lowest BCUT2D eigenvalue weighted by Gasteiger charge is -2.16. The fourth-order valence-corrected chi connectivity index (χ4v) is 1.93. The first-order chi connectivity index (χ1) is 10.8. The van der Waals surface area contributed by atoms with Crippen molar-refractivity contribution >= 4 is 23.4 Å². The Morgan fingerprint density at radius 2 is 1.87 bits per heavy atom. The summed E-state index contributed by atoms with van der Waals surface area (Å²) in [6, 6.07) is 4.40. The van der Waals surface area contributed by atoms with Gasteiger partial charge in [-0.2, -0.15) is 0 Å². The third-order valence-corrected chi connectivity index (χ3v) is 3.52. The van der Waals surface area contributed by atoms with Crippen LogP contribution in [0.1, 0.15) is 29.8 Å². The van der Waals surface area contributed by atoms with E-state index >= 15 is 0 Å². The summed E-state index contributed by atoms with van der Waals surface area (Å²) >= 11 is 0. The van der Waals surface area contributed by atoms with Gasteiger partial charge >= 0.3 is 0 Å². The number of carbonyl (C=O) groups excluding carboxylic acids is 3. The van der Waals surface area contributed by atoms with Crippen molar-refractivity contribution in [3.05, 3.63) is 29.3 Å². The summed E-state index contributed by atoms with van der Waals surface area (Å²) in [7, 11) is 1.54. The van der Waals surface area contributed by atoms with Crippen LogP contribution >= 0.6 is 0 Å². The highest BCUT2D eigenvalue weighted by molar-refractivity contribution is 6.00. The second-order valence-corrected chi connectivity index (χ2v) is 5.59. The van der Waals surface area contributed by atoms with Gasteiger partial charge in [0.1, 0.15) is 0 Å². The van der Waals surface area contributed by atoms with Gasteiger partial charge in [-0.3, -0.25) is 14.4 Å². The van der Waals surface area contributed by atoms with E-state index in [1.165, 1.54) is 0 Å². The quantitative estimate of drug-likeness (QED) is 0.607. The van der Waals surface area contributed by atoms with Crippen LogP contribution in [0.4, 0.5) is 5.69 Å². The Kier molecular flexibility index (Phi) is 6.71. The summed E-state index contributed by atoms with van der Waals surface area (Å²) < 4.78 is 0. The van der Waals surface area contributed by atoms with Crippen LogP contribution in [-0.4, -0.2) is 37.4 Å². The largest absolute Gasteiger partial charge is 0.355 e. The minimum absolute atomic E-state index is 0.00968. The Morgan fingerprint density at radius 3 is 2.43 bits per heavy atom. The number of benzene rings is 1. The molecule has 1 aromatic carbocycles. The molecule has 7 heteroatoms. The van der Waals surface area contributed by atoms with Crippen LogP contribution in [-0.2, 0) is 9.59 Å². The molecule has 0 radical (unpaired) electrons. The highest BCUT2D eigenvalue weighted by atomic mass is 16.2. The lowest BCUT2D eigenvalue weighted by molar-refractivity contribution is -0.125. The number of amides is 3. The second-order valence-electron chi connectivity index (χ2n) is 5.59. The van der Waals surface area contributed by atoms with Crippen LogP contribution in [0.25, 0.3) is 0 Å². The standard InChI is InChI=1S/C16H24N4O3/c1-9(2)14(17)16(23)19-8-13(21)20-12-7-5-6-11(10(12)3)15(22)18-4/h5-7,9,14H,8,17H2,1-4H3,(H,18,22)(H,19,23)(H,20,21)/t14-/m0/s1. The molecule has 0 saturated heterocycles. The molecule has 1 rings (SSSR count). The number of rotatable bonds is 6. The first-order valence-electron chi connectivity index (χ1n) is 7.42. The van der Waals surface area contributed by atoms with Crippen molar-refractivity contribution in [3.8, 4) is 0 Å². The van der Waals surface area contributed by atoms with E-state index in [1.54, 1.807) is 32.2 Å². The van der Waals surface area contributed by atoms with Crippen molar-refractivity contribution in [2.75, 3.05) is 18.9 Å². The van der Waals surface area contributed by atoms with Crippen molar-refractivity contribution in [1.29, 1.82) is 0 Å². The number of hydrogen-bond acceptors (Lipinski definition) is 4. The minimum atomic E-state index is -0.652. The summed E-state index contributed by atoms with van der Waals surface area (Å²) in [4.78, 5) is 35.4. The molecule has 126 valence electrons. The third-order valence-electron chi connectivity index (χ3n) is 3.52. The Morgan fingerprint density at radius 1 is 1.22 bits per heavy atom. The molecule has 5 N–H and O–H groups in total. The molecule has 0 aliphatic carbocycles. The lowest BCUT2D eigenvalue weighted by atomic mass is 10.1. The number of hydrogen-bond donors (Lipinski definition) is 4. The zero-order valence-electron chi connectivity index (χ0n) is 13.9. The first-order valence-corrected chi connectivity index (χ1v) is 7.42. The lowest BCUT2D eigenvalue weighted by Crippen LogP contribution is -2.46. The van der Waals surface area contributed by atoms with Crippen molar-refractivity contribution in [2.24, 2.45) is 11.7 Å². The Labute approximate surface area is 136 Å². The molecule has 0 aliphatic rings. The molecule has 0 heterocycles. The first kappa shape index (κ1) is 18.6. The van der Waals surface area contributed by atoms with Gasteiger partial charge in [-0.25, -0.2) is 0 Å². The minimum Gasteiger partial charge on any atom is -0.355 e. The summed E-state index contributed by atoms with van der Waals surface area (Å²) in [6.07, 6.45) is 0. The van der Waals surface area contributed by atoms with E-state index in [-0.39, 0.29) is 30.2 Å². The van der Waals surface area contributed by atoms with Crippen LogP contribution in [0.2, 0.25) is 0 Å². The maximum Gasteiger partial charge on any atom is 0.251 e. The fraction of sp³-hybridized carbons (Fsp3) is 0.438. The Balaban J connectivity index is 2.68. The zero-order valence-corrected chi connectivity index (χ0v) is 13.9. The van der Waals surface area contributed by atoms with Gasteiger partial charge in [0.15, 0.2) is 0 Å². The van der Waals surface area contributed by atoms with Crippen LogP contribution in [0.3, 0.4) is 0 Å². The summed E-state index contributed by atoms with van der Waals surface area (Å²) in [5.41, 5.74) is 7.37. The number of nitrogens with one attached hydrogen (secondary N) is 3.